The van der Waals surface area contributed by atoms with Gasteiger partial charge in [0.05, 0.1) is 0 Å². The molecule has 0 spiro atoms. The van der Waals surface area contributed by atoms with Crippen LogP contribution in [0.3, 0.4) is 0 Å². The predicted molar refractivity (Wildman–Crippen MR) is 25.3 cm³/mol. The maximum absolute atomic E-state index is 9.54. The summed E-state index contributed by atoms with van der Waals surface area (Å²) in [4.78, 5) is 9.54. The maximum atomic E-state index is 9.54. The van der Waals surface area contributed by atoms with Gasteiger partial charge >= 0.3 is 6.16 Å². The highest BCUT2D eigenvalue weighted by atomic mass is 16.7. The molecule has 0 aliphatic heterocycles. The highest BCUT2D eigenvalue weighted by Gasteiger charge is 2.01. The number of ether oxygens (including phenoxy) is 1. The van der Waals surface area contributed by atoms with E-state index in [9.17, 15) is 4.79 Å². The number of hydrogen-bond donors (Lipinski definition) is 2. The Bertz CT molecular complexity index is 98.2. The molecular formula is C4H6O4. The van der Waals surface area contributed by atoms with E-state index < -0.39 is 12.4 Å². The monoisotopic (exact) mass is 118 g/mol. The summed E-state index contributed by atoms with van der Waals surface area (Å²) >= 11 is 0. The first kappa shape index (κ1) is 6.97. The minimum absolute atomic E-state index is 0.966. The van der Waals surface area contributed by atoms with Crippen LogP contribution in [0, 0.1) is 0 Å². The lowest BCUT2D eigenvalue weighted by Gasteiger charge is -2.00. The molecule has 0 saturated carbocycles. The summed E-state index contributed by atoms with van der Waals surface area (Å²) in [5.41, 5.74) is 0. The predicted octanol–water partition coefficient (Wildman–Crippen LogP) is 0.185. The van der Waals surface area contributed by atoms with Crippen molar-refractivity contribution >= 4 is 6.16 Å². The molecule has 0 amide bonds. The number of carboxylic acid groups (broad SMARTS) is 1. The second kappa shape index (κ2) is 3.04. The molecule has 2 N–H and O–H groups in total. The smallest absolute Gasteiger partial charge is 0.450 e. The van der Waals surface area contributed by atoms with E-state index in [1.165, 1.54) is 0 Å². The number of carbonyl (C=O) groups is 1. The first-order chi connectivity index (χ1) is 3.66. The van der Waals surface area contributed by atoms with Crippen LogP contribution in [-0.4, -0.2) is 22.7 Å². The molecule has 1 atom stereocenters. The fourth-order valence-corrected chi connectivity index (χ4v) is 0.151. The average Bonchev–Trinajstić information content (AvgIpc) is 1.65. The lowest BCUT2D eigenvalue weighted by molar-refractivity contribution is -0.0381. The molecule has 0 fully saturated rings. The highest BCUT2D eigenvalue weighted by Crippen LogP contribution is 1.85. The van der Waals surface area contributed by atoms with Gasteiger partial charge in [-0.3, -0.25) is 0 Å². The normalized spacial score (nSPS) is 12.1. The van der Waals surface area contributed by atoms with Gasteiger partial charge in [-0.15, -0.1) is 0 Å². The van der Waals surface area contributed by atoms with Gasteiger partial charge in [0.25, 0.3) is 0 Å². The van der Waals surface area contributed by atoms with E-state index in [1.807, 2.05) is 0 Å². The van der Waals surface area contributed by atoms with Crippen LogP contribution in [0.5, 0.6) is 0 Å². The summed E-state index contributed by atoms with van der Waals surface area (Å²) in [7, 11) is 0. The minimum atomic E-state index is -1.52. The van der Waals surface area contributed by atoms with Gasteiger partial charge in [0.15, 0.2) is 0 Å². The quantitative estimate of drug-likeness (QED) is 0.308. The molecule has 0 aromatic carbocycles. The van der Waals surface area contributed by atoms with Gasteiger partial charge in [0.2, 0.25) is 6.29 Å². The van der Waals surface area contributed by atoms with Gasteiger partial charge in [0, 0.05) is 0 Å². The Kier molecular flexibility index (Phi) is 2.64. The molecule has 4 nitrogen and oxygen atoms in total. The second-order valence-corrected chi connectivity index (χ2v) is 1.01. The minimum Gasteiger partial charge on any atom is -0.450 e. The molecule has 0 rings (SSSR count). The zero-order chi connectivity index (χ0) is 6.57. The third kappa shape index (κ3) is 3.17. The van der Waals surface area contributed by atoms with Gasteiger partial charge in [-0.2, -0.15) is 0 Å². The molecule has 0 radical (unpaired) electrons. The summed E-state index contributed by atoms with van der Waals surface area (Å²) in [6.45, 7) is 3.08. The van der Waals surface area contributed by atoms with Crippen molar-refractivity contribution in [3.8, 4) is 0 Å². The van der Waals surface area contributed by atoms with Gasteiger partial charge in [-0.25, -0.2) is 4.79 Å². The van der Waals surface area contributed by atoms with E-state index in [2.05, 4.69) is 11.3 Å². The summed E-state index contributed by atoms with van der Waals surface area (Å²) in [6.07, 6.45) is -1.96. The summed E-state index contributed by atoms with van der Waals surface area (Å²) in [5, 5.41) is 16.1. The van der Waals surface area contributed by atoms with Crippen molar-refractivity contribution in [3.05, 3.63) is 12.7 Å². The number of hydrogen-bond acceptors (Lipinski definition) is 3. The van der Waals surface area contributed by atoms with Crippen LogP contribution in [0.2, 0.25) is 0 Å². The highest BCUT2D eigenvalue weighted by molar-refractivity contribution is 5.57. The largest absolute Gasteiger partial charge is 0.508 e. The lowest BCUT2D eigenvalue weighted by atomic mass is 10.6. The van der Waals surface area contributed by atoms with Crippen molar-refractivity contribution in [2.45, 2.75) is 6.29 Å². The van der Waals surface area contributed by atoms with Gasteiger partial charge in [0.1, 0.15) is 0 Å². The Labute approximate surface area is 46.0 Å². The Balaban J connectivity index is 3.38. The van der Waals surface area contributed by atoms with Crippen molar-refractivity contribution in [2.75, 3.05) is 0 Å². The van der Waals surface area contributed by atoms with Gasteiger partial charge < -0.3 is 14.9 Å². The standard InChI is InChI=1S/C4H6O4/c1-2-3(5)8-4(6)7/h2-3,5H,1H2,(H,6,7). The van der Waals surface area contributed by atoms with E-state index in [0.29, 0.717) is 0 Å². The first-order valence-corrected chi connectivity index (χ1v) is 1.87. The number of aliphatic hydroxyl groups excluding tert-OH is 1. The molecule has 0 bridgehead atoms. The maximum Gasteiger partial charge on any atom is 0.508 e. The molecule has 4 heteroatoms. The Morgan fingerprint density at radius 2 is 2.38 bits per heavy atom. The van der Waals surface area contributed by atoms with E-state index in [4.69, 9.17) is 10.2 Å². The first-order valence-electron chi connectivity index (χ1n) is 1.87. The number of rotatable bonds is 2. The molecule has 0 aromatic heterocycles. The average molecular weight is 118 g/mol. The fourth-order valence-electron chi connectivity index (χ4n) is 0.151. The van der Waals surface area contributed by atoms with Crippen molar-refractivity contribution < 1.29 is 19.7 Å². The molecule has 0 aromatic rings. The van der Waals surface area contributed by atoms with Crippen LogP contribution < -0.4 is 0 Å². The molecule has 0 heterocycles. The number of aliphatic hydroxyl groups is 1. The van der Waals surface area contributed by atoms with Crippen LogP contribution in [0.4, 0.5) is 4.79 Å². The molecule has 46 valence electrons. The Morgan fingerprint density at radius 3 is 2.50 bits per heavy atom. The molecule has 0 aliphatic rings. The SMILES string of the molecule is C=CC(O)OC(=O)O. The zero-order valence-electron chi connectivity index (χ0n) is 4.07. The molecular weight excluding hydrogens is 112 g/mol. The van der Waals surface area contributed by atoms with E-state index >= 15 is 0 Å². The van der Waals surface area contributed by atoms with E-state index in [0.717, 1.165) is 6.08 Å². The molecule has 8 heavy (non-hydrogen) atoms. The van der Waals surface area contributed by atoms with Crippen LogP contribution in [0.1, 0.15) is 0 Å². The van der Waals surface area contributed by atoms with Crippen LogP contribution in [0.15, 0.2) is 12.7 Å². The van der Waals surface area contributed by atoms with Crippen molar-refractivity contribution in [2.24, 2.45) is 0 Å². The second-order valence-electron chi connectivity index (χ2n) is 1.01. The Morgan fingerprint density at radius 1 is 1.88 bits per heavy atom. The third-order valence-electron chi connectivity index (χ3n) is 0.423. The van der Waals surface area contributed by atoms with Crippen LogP contribution in [-0.2, 0) is 4.74 Å². The molecule has 1 unspecified atom stereocenters. The van der Waals surface area contributed by atoms with Crippen LogP contribution in [0.25, 0.3) is 0 Å². The zero-order valence-corrected chi connectivity index (χ0v) is 4.07. The molecule has 0 aliphatic carbocycles. The summed E-state index contributed by atoms with van der Waals surface area (Å²) < 4.78 is 3.75. The topological polar surface area (TPSA) is 66.8 Å². The van der Waals surface area contributed by atoms with E-state index in [-0.39, 0.29) is 0 Å². The van der Waals surface area contributed by atoms with Gasteiger partial charge in [-0.1, -0.05) is 6.58 Å². The van der Waals surface area contributed by atoms with Gasteiger partial charge in [-0.05, 0) is 6.08 Å². The van der Waals surface area contributed by atoms with Crippen molar-refractivity contribution in [1.82, 2.24) is 0 Å². The Hall–Kier alpha value is -1.03. The third-order valence-corrected chi connectivity index (χ3v) is 0.423. The summed E-state index contributed by atoms with van der Waals surface area (Å²) in [5.74, 6) is 0. The van der Waals surface area contributed by atoms with Crippen molar-refractivity contribution in [1.29, 1.82) is 0 Å². The van der Waals surface area contributed by atoms with Crippen molar-refractivity contribution in [3.63, 3.8) is 0 Å². The molecule has 0 saturated heterocycles. The summed E-state index contributed by atoms with van der Waals surface area (Å²) in [6, 6.07) is 0. The van der Waals surface area contributed by atoms with E-state index in [1.54, 1.807) is 0 Å². The van der Waals surface area contributed by atoms with Crippen LogP contribution >= 0.6 is 0 Å². The lowest BCUT2D eigenvalue weighted by Crippen LogP contribution is -2.12. The fraction of sp³-hybridized carbons (Fsp3) is 0.250.